The third-order valence-electron chi connectivity index (χ3n) is 10.2. The fourth-order valence-electron chi connectivity index (χ4n) is 6.40. The van der Waals surface area contributed by atoms with Crippen LogP contribution in [-0.2, 0) is 44.4 Å². The Labute approximate surface area is 420 Å². The third kappa shape index (κ3) is 52.4. The molecule has 0 saturated heterocycles. The van der Waals surface area contributed by atoms with Crippen molar-refractivity contribution in [1.29, 1.82) is 0 Å². The minimum Gasteiger partial charge on any atom is -0.487 e. The summed E-state index contributed by atoms with van der Waals surface area (Å²) >= 11 is 0. The molecule has 15 nitrogen and oxygen atoms in total. The summed E-state index contributed by atoms with van der Waals surface area (Å²) in [7, 11) is 1.99. The number of hydrogen-bond donors (Lipinski definition) is 4. The van der Waals surface area contributed by atoms with E-state index in [0.717, 1.165) is 37.7 Å². The molecule has 15 heteroatoms. The number of nitrogens with one attached hydrogen (secondary N) is 1. The molecule has 1 unspecified atom stereocenters. The van der Waals surface area contributed by atoms with Gasteiger partial charge in [0.2, 0.25) is 0 Å². The molecule has 0 aliphatic carbocycles. The molecule has 0 radical (unpaired) electrons. The summed E-state index contributed by atoms with van der Waals surface area (Å²) in [5.74, 6) is 7.49. The van der Waals surface area contributed by atoms with Crippen LogP contribution < -0.4 is 27.4 Å². The number of likely N-dealkylation sites (N-methyl/N-ethyl adjacent to an activating group) is 1. The molecule has 0 fully saturated rings. The average Bonchev–Trinajstić information content (AvgIpc) is 3.32. The Morgan fingerprint density at radius 2 is 1.07 bits per heavy atom. The number of carbonyl (C=O) groups is 1. The van der Waals surface area contributed by atoms with Gasteiger partial charge in [-0.15, -0.1) is 0 Å². The van der Waals surface area contributed by atoms with E-state index in [0.29, 0.717) is 122 Å². The predicted octanol–water partition coefficient (Wildman–Crippen LogP) is 8.74. The molecule has 0 aromatic heterocycles. The van der Waals surface area contributed by atoms with Crippen molar-refractivity contribution in [3.8, 4) is 5.75 Å². The second kappa shape index (κ2) is 52.6. The zero-order valence-corrected chi connectivity index (χ0v) is 44.8. The molecule has 7 N–H and O–H groups in total. The normalized spacial score (nSPS) is 12.0. The van der Waals surface area contributed by atoms with Crippen LogP contribution in [0.15, 0.2) is 65.6 Å². The maximum absolute atomic E-state index is 9.87. The number of aldehydes is 1. The molecular weight excluding hydrogens is 877 g/mol. The molecule has 1 aromatic rings. The Bertz CT molecular complexity index is 1370. The van der Waals surface area contributed by atoms with Gasteiger partial charge in [0.1, 0.15) is 12.4 Å². The second-order valence-corrected chi connectivity index (χ2v) is 17.5. The van der Waals surface area contributed by atoms with Gasteiger partial charge in [-0.1, -0.05) is 116 Å². The highest BCUT2D eigenvalue weighted by Gasteiger charge is 2.07. The van der Waals surface area contributed by atoms with Crippen molar-refractivity contribution in [2.75, 3.05) is 119 Å². The van der Waals surface area contributed by atoms with Gasteiger partial charge in [-0.25, -0.2) is 5.84 Å². The standard InChI is InChI=1S/C39H74N4O8.C9H19N.C6H9NO/c1-2-37-15-17-39(18-16-37)51-36-38(41)35-43(42)20-24-46-26-28-48-30-32-50-34-33-49-31-29-47-27-25-45-22-14-12-10-8-6-4-3-5-7-9-11-13-21-44-23-19-40;1-7(2)6-9(10-5)8(3)4;1-5(2)7-6(3)4-8/h15-18,35H,2-14,19-34,36,40-42H2,1H3;7,9-10H,3,6H2,1-2,4-5H3;4H,1H2,2-3H3/b38-35-;;. The lowest BCUT2D eigenvalue weighted by molar-refractivity contribution is -0.102. The van der Waals surface area contributed by atoms with Crippen molar-refractivity contribution in [2.24, 2.45) is 28.2 Å². The van der Waals surface area contributed by atoms with Crippen molar-refractivity contribution in [3.05, 3.63) is 66.2 Å². The SMILES string of the molecule is C=C(C)C(CC(C)C)NC.C=C(C)N=C(C)C=O.CCc1ccc(OC/C(N)=C/N(N)CCOCCOCCOCCOCCOCCOCCCCCCCCCCCCCCOCCN)cc1. The number of hydrogen-bond acceptors (Lipinski definition) is 15. The lowest BCUT2D eigenvalue weighted by Crippen LogP contribution is -2.31. The van der Waals surface area contributed by atoms with Gasteiger partial charge < -0.3 is 59.7 Å². The highest BCUT2D eigenvalue weighted by Crippen LogP contribution is 2.14. The molecule has 1 atom stereocenters. The van der Waals surface area contributed by atoms with Crippen LogP contribution >= 0.6 is 0 Å². The van der Waals surface area contributed by atoms with Gasteiger partial charge in [0.25, 0.3) is 0 Å². The molecule has 1 aromatic carbocycles. The second-order valence-electron chi connectivity index (χ2n) is 17.5. The van der Waals surface area contributed by atoms with Gasteiger partial charge in [-0.2, -0.15) is 0 Å². The number of aliphatic imine (C=N–C) groups is 1. The number of ether oxygens (including phenoxy) is 8. The number of rotatable bonds is 46. The van der Waals surface area contributed by atoms with Crippen LogP contribution in [0.5, 0.6) is 5.75 Å². The van der Waals surface area contributed by atoms with E-state index < -0.39 is 0 Å². The fraction of sp³-hybridized carbons (Fsp3) is 0.741. The van der Waals surface area contributed by atoms with Crippen molar-refractivity contribution in [2.45, 2.75) is 137 Å². The number of carbonyl (C=O) groups excluding carboxylic acids is 1. The Kier molecular flexibility index (Phi) is 51.7. The lowest BCUT2D eigenvalue weighted by Gasteiger charge is -2.17. The number of unbranched alkanes of at least 4 members (excludes halogenated alkanes) is 11. The number of nitrogens with two attached hydrogens (primary N) is 3. The maximum atomic E-state index is 9.87. The summed E-state index contributed by atoms with van der Waals surface area (Å²) in [6.07, 6.45) is 20.2. The van der Waals surface area contributed by atoms with Gasteiger partial charge in [0.15, 0.2) is 6.29 Å². The van der Waals surface area contributed by atoms with E-state index in [4.69, 9.17) is 55.2 Å². The van der Waals surface area contributed by atoms with Gasteiger partial charge in [-0.3, -0.25) is 9.79 Å². The number of benzene rings is 1. The summed E-state index contributed by atoms with van der Waals surface area (Å²) in [4.78, 5) is 13.6. The zero-order valence-electron chi connectivity index (χ0n) is 44.8. The van der Waals surface area contributed by atoms with E-state index in [1.54, 1.807) is 20.0 Å². The average molecular weight is 979 g/mol. The first kappa shape index (κ1) is 67.9. The monoisotopic (exact) mass is 979 g/mol. The van der Waals surface area contributed by atoms with Crippen molar-refractivity contribution < 1.29 is 42.7 Å². The van der Waals surface area contributed by atoms with E-state index in [2.05, 4.69) is 51.2 Å². The molecule has 0 amide bonds. The van der Waals surface area contributed by atoms with E-state index in [1.807, 2.05) is 31.3 Å². The fourth-order valence-corrected chi connectivity index (χ4v) is 6.40. The zero-order chi connectivity index (χ0) is 51.4. The lowest BCUT2D eigenvalue weighted by atomic mass is 9.99. The van der Waals surface area contributed by atoms with Gasteiger partial charge in [-0.05, 0) is 77.1 Å². The molecule has 1 rings (SSSR count). The predicted molar refractivity (Wildman–Crippen MR) is 286 cm³/mol. The number of aryl methyl sites for hydroxylation is 1. The van der Waals surface area contributed by atoms with E-state index >= 15 is 0 Å². The van der Waals surface area contributed by atoms with Crippen LogP contribution in [0, 0.1) is 5.92 Å². The minimum atomic E-state index is 0.267. The van der Waals surface area contributed by atoms with Crippen LogP contribution in [0.3, 0.4) is 0 Å². The first-order valence-electron chi connectivity index (χ1n) is 25.8. The molecular formula is C54H102N6O9. The number of nitrogens with zero attached hydrogens (tertiary/aromatic N) is 2. The van der Waals surface area contributed by atoms with Crippen LogP contribution in [-0.4, -0.2) is 142 Å². The molecule has 69 heavy (non-hydrogen) atoms. The summed E-state index contributed by atoms with van der Waals surface area (Å²) < 4.78 is 44.5. The van der Waals surface area contributed by atoms with Crippen molar-refractivity contribution >= 4 is 12.0 Å². The number of allylic oxidation sites excluding steroid dienone is 1. The van der Waals surface area contributed by atoms with Gasteiger partial charge in [0.05, 0.1) is 97.2 Å². The Hall–Kier alpha value is -3.22. The maximum Gasteiger partial charge on any atom is 0.163 e. The summed E-state index contributed by atoms with van der Waals surface area (Å²) in [5, 5.41) is 4.73. The van der Waals surface area contributed by atoms with E-state index in [1.165, 1.54) is 93.2 Å². The highest BCUT2D eigenvalue weighted by atomic mass is 16.6. The Morgan fingerprint density at radius 3 is 1.41 bits per heavy atom. The Balaban J connectivity index is 0. The van der Waals surface area contributed by atoms with Crippen molar-refractivity contribution in [3.63, 3.8) is 0 Å². The Morgan fingerprint density at radius 1 is 0.667 bits per heavy atom. The number of hydrazine groups is 1. The first-order valence-corrected chi connectivity index (χ1v) is 25.8. The minimum absolute atomic E-state index is 0.267. The quantitative estimate of drug-likeness (QED) is 0.0121. The van der Waals surface area contributed by atoms with E-state index in [-0.39, 0.29) is 6.61 Å². The molecule has 0 aliphatic rings. The molecule has 402 valence electrons. The van der Waals surface area contributed by atoms with E-state index in [9.17, 15) is 4.79 Å². The molecule has 0 heterocycles. The summed E-state index contributed by atoms with van der Waals surface area (Å²) in [5.41, 5.74) is 15.6. The first-order chi connectivity index (χ1) is 33.4. The summed E-state index contributed by atoms with van der Waals surface area (Å²) in [6, 6.07) is 8.48. The van der Waals surface area contributed by atoms with Crippen LogP contribution in [0.4, 0.5) is 0 Å². The van der Waals surface area contributed by atoms with Gasteiger partial charge in [0, 0.05) is 37.7 Å². The highest BCUT2D eigenvalue weighted by molar-refractivity contribution is 6.27. The summed E-state index contributed by atoms with van der Waals surface area (Å²) in [6.45, 7) is 29.1. The van der Waals surface area contributed by atoms with Crippen LogP contribution in [0.1, 0.15) is 131 Å². The molecule has 0 saturated carbocycles. The van der Waals surface area contributed by atoms with Crippen LogP contribution in [0.2, 0.25) is 0 Å². The molecule has 0 aliphatic heterocycles. The van der Waals surface area contributed by atoms with Gasteiger partial charge >= 0.3 is 0 Å². The van der Waals surface area contributed by atoms with Crippen molar-refractivity contribution in [1.82, 2.24) is 10.3 Å². The largest absolute Gasteiger partial charge is 0.487 e. The molecule has 0 spiro atoms. The topological polar surface area (TPSA) is 197 Å². The smallest absolute Gasteiger partial charge is 0.163 e. The third-order valence-corrected chi connectivity index (χ3v) is 10.2. The van der Waals surface area contributed by atoms with Crippen LogP contribution in [0.25, 0.3) is 0 Å². The molecule has 0 bridgehead atoms.